The summed E-state index contributed by atoms with van der Waals surface area (Å²) in [5.74, 6) is 2.85. The molecule has 1 heterocycles. The molecule has 0 aliphatic carbocycles. The quantitative estimate of drug-likeness (QED) is 0.631. The Morgan fingerprint density at radius 2 is 1.79 bits per heavy atom. The van der Waals surface area contributed by atoms with Gasteiger partial charge in [-0.1, -0.05) is 13.8 Å². The van der Waals surface area contributed by atoms with Crippen LogP contribution in [0.3, 0.4) is 0 Å². The lowest BCUT2D eigenvalue weighted by Gasteiger charge is -2.12. The maximum absolute atomic E-state index is 9.22. The fourth-order valence-electron chi connectivity index (χ4n) is 1.70. The van der Waals surface area contributed by atoms with Gasteiger partial charge in [-0.3, -0.25) is 0 Å². The van der Waals surface area contributed by atoms with E-state index in [0.29, 0.717) is 5.92 Å². The second kappa shape index (κ2) is 7.94. The molecule has 0 spiro atoms. The average Bonchev–Trinajstić information content (AvgIpc) is 2.34. The maximum atomic E-state index is 9.22. The molecule has 1 atom stereocenters. The number of hydrogen-bond acceptors (Lipinski definition) is 5. The minimum Gasteiger partial charge on any atom is -0.393 e. The molecule has 0 saturated carbocycles. The molecule has 3 N–H and O–H groups in total. The molecular weight excluding hydrogens is 240 g/mol. The van der Waals surface area contributed by atoms with E-state index in [1.807, 2.05) is 19.9 Å². The van der Waals surface area contributed by atoms with E-state index in [2.05, 4.69) is 34.4 Å². The summed E-state index contributed by atoms with van der Waals surface area (Å²) >= 11 is 0. The van der Waals surface area contributed by atoms with E-state index in [-0.39, 0.29) is 6.10 Å². The highest BCUT2D eigenvalue weighted by Gasteiger charge is 2.07. The summed E-state index contributed by atoms with van der Waals surface area (Å²) in [6.45, 7) is 9.68. The van der Waals surface area contributed by atoms with Crippen molar-refractivity contribution in [1.29, 1.82) is 0 Å². The maximum Gasteiger partial charge on any atom is 0.135 e. The van der Waals surface area contributed by atoms with Crippen molar-refractivity contribution in [2.24, 2.45) is 0 Å². The monoisotopic (exact) mass is 266 g/mol. The normalized spacial score (nSPS) is 12.5. The van der Waals surface area contributed by atoms with Crippen LogP contribution in [0.1, 0.15) is 52.3 Å². The first-order valence-electron chi connectivity index (χ1n) is 7.07. The summed E-state index contributed by atoms with van der Waals surface area (Å²) in [6.07, 6.45) is 1.49. The van der Waals surface area contributed by atoms with Crippen molar-refractivity contribution in [3.63, 3.8) is 0 Å². The Balaban J connectivity index is 2.65. The van der Waals surface area contributed by atoms with Gasteiger partial charge in [-0.15, -0.1) is 0 Å². The van der Waals surface area contributed by atoms with Crippen LogP contribution in [0.25, 0.3) is 0 Å². The summed E-state index contributed by atoms with van der Waals surface area (Å²) in [5, 5.41) is 15.7. The molecule has 19 heavy (non-hydrogen) atoms. The van der Waals surface area contributed by atoms with E-state index in [1.54, 1.807) is 0 Å². The summed E-state index contributed by atoms with van der Waals surface area (Å²) < 4.78 is 0. The Morgan fingerprint density at radius 3 is 2.32 bits per heavy atom. The minimum absolute atomic E-state index is 0.240. The van der Waals surface area contributed by atoms with Gasteiger partial charge in [0.15, 0.2) is 0 Å². The molecule has 5 nitrogen and oxygen atoms in total. The van der Waals surface area contributed by atoms with Crippen LogP contribution in [0.15, 0.2) is 6.07 Å². The molecule has 0 aromatic carbocycles. The standard InChI is InChI=1S/C14H26N4O/c1-5-15-12-9-13(16-8-6-7-11(4)19)18-14(17-12)10(2)3/h9-11,19H,5-8H2,1-4H3,(H2,15,16,17,18). The predicted octanol–water partition coefficient (Wildman–Crippen LogP) is 2.60. The molecule has 0 bridgehead atoms. The Morgan fingerprint density at radius 1 is 1.16 bits per heavy atom. The van der Waals surface area contributed by atoms with E-state index >= 15 is 0 Å². The van der Waals surface area contributed by atoms with E-state index < -0.39 is 0 Å². The van der Waals surface area contributed by atoms with Gasteiger partial charge in [0.25, 0.3) is 0 Å². The van der Waals surface area contributed by atoms with Crippen LogP contribution in [0, 0.1) is 0 Å². The Bertz CT molecular complexity index is 380. The van der Waals surface area contributed by atoms with Gasteiger partial charge >= 0.3 is 0 Å². The lowest BCUT2D eigenvalue weighted by molar-refractivity contribution is 0.183. The largest absolute Gasteiger partial charge is 0.393 e. The molecule has 5 heteroatoms. The molecule has 0 amide bonds. The molecule has 0 aliphatic rings. The van der Waals surface area contributed by atoms with Gasteiger partial charge < -0.3 is 15.7 Å². The van der Waals surface area contributed by atoms with Crippen molar-refractivity contribution in [3.8, 4) is 0 Å². The summed E-state index contributed by atoms with van der Waals surface area (Å²) in [6, 6.07) is 1.93. The highest BCUT2D eigenvalue weighted by Crippen LogP contribution is 2.17. The molecule has 0 fully saturated rings. The summed E-state index contributed by atoms with van der Waals surface area (Å²) in [5.41, 5.74) is 0. The number of nitrogens with one attached hydrogen (secondary N) is 2. The molecule has 1 rings (SSSR count). The Hall–Kier alpha value is -1.36. The fourth-order valence-corrected chi connectivity index (χ4v) is 1.70. The molecule has 108 valence electrons. The lowest BCUT2D eigenvalue weighted by atomic mass is 10.2. The van der Waals surface area contributed by atoms with Gasteiger partial charge in [0, 0.05) is 25.1 Å². The third kappa shape index (κ3) is 5.87. The zero-order chi connectivity index (χ0) is 14.3. The van der Waals surface area contributed by atoms with Crippen LogP contribution >= 0.6 is 0 Å². The van der Waals surface area contributed by atoms with Crippen LogP contribution in [-0.4, -0.2) is 34.3 Å². The highest BCUT2D eigenvalue weighted by molar-refractivity contribution is 5.47. The summed E-state index contributed by atoms with van der Waals surface area (Å²) in [7, 11) is 0. The van der Waals surface area contributed by atoms with Crippen molar-refractivity contribution in [2.45, 2.75) is 52.6 Å². The van der Waals surface area contributed by atoms with Gasteiger partial charge in [0.1, 0.15) is 17.5 Å². The second-order valence-corrected chi connectivity index (χ2v) is 5.10. The molecule has 0 radical (unpaired) electrons. The highest BCUT2D eigenvalue weighted by atomic mass is 16.3. The number of rotatable bonds is 8. The van der Waals surface area contributed by atoms with Crippen LogP contribution in [0.5, 0.6) is 0 Å². The Labute approximate surface area is 115 Å². The van der Waals surface area contributed by atoms with Gasteiger partial charge in [0.05, 0.1) is 6.10 Å². The van der Waals surface area contributed by atoms with Crippen LogP contribution in [0.2, 0.25) is 0 Å². The topological polar surface area (TPSA) is 70.1 Å². The first kappa shape index (κ1) is 15.7. The molecule has 0 saturated heterocycles. The number of anilines is 2. The fraction of sp³-hybridized carbons (Fsp3) is 0.714. The molecular formula is C14H26N4O. The van der Waals surface area contributed by atoms with Gasteiger partial charge in [0.2, 0.25) is 0 Å². The zero-order valence-electron chi connectivity index (χ0n) is 12.4. The van der Waals surface area contributed by atoms with Crippen molar-refractivity contribution < 1.29 is 5.11 Å². The zero-order valence-corrected chi connectivity index (χ0v) is 12.4. The van der Waals surface area contributed by atoms with E-state index in [4.69, 9.17) is 0 Å². The minimum atomic E-state index is -0.240. The van der Waals surface area contributed by atoms with Crippen molar-refractivity contribution in [1.82, 2.24) is 9.97 Å². The number of aliphatic hydroxyl groups excluding tert-OH is 1. The first-order chi connectivity index (χ1) is 9.02. The van der Waals surface area contributed by atoms with Crippen LogP contribution in [-0.2, 0) is 0 Å². The average molecular weight is 266 g/mol. The second-order valence-electron chi connectivity index (χ2n) is 5.10. The number of hydrogen-bond donors (Lipinski definition) is 3. The number of aliphatic hydroxyl groups is 1. The van der Waals surface area contributed by atoms with E-state index in [9.17, 15) is 5.11 Å². The molecule has 1 aromatic rings. The van der Waals surface area contributed by atoms with Gasteiger partial charge in [-0.25, -0.2) is 9.97 Å². The van der Waals surface area contributed by atoms with Gasteiger partial charge in [-0.05, 0) is 26.7 Å². The molecule has 1 aromatic heterocycles. The number of aromatic nitrogens is 2. The molecule has 0 aliphatic heterocycles. The SMILES string of the molecule is CCNc1cc(NCCCC(C)O)nc(C(C)C)n1. The third-order valence-electron chi connectivity index (χ3n) is 2.72. The third-order valence-corrected chi connectivity index (χ3v) is 2.72. The molecule has 1 unspecified atom stereocenters. The summed E-state index contributed by atoms with van der Waals surface area (Å²) in [4.78, 5) is 8.98. The van der Waals surface area contributed by atoms with Gasteiger partial charge in [-0.2, -0.15) is 0 Å². The van der Waals surface area contributed by atoms with Crippen molar-refractivity contribution in [3.05, 3.63) is 11.9 Å². The van der Waals surface area contributed by atoms with Crippen molar-refractivity contribution in [2.75, 3.05) is 23.7 Å². The van der Waals surface area contributed by atoms with E-state index in [1.165, 1.54) is 0 Å². The van der Waals surface area contributed by atoms with Crippen LogP contribution in [0.4, 0.5) is 11.6 Å². The lowest BCUT2D eigenvalue weighted by Crippen LogP contribution is -2.11. The number of nitrogens with zero attached hydrogens (tertiary/aromatic N) is 2. The van der Waals surface area contributed by atoms with Crippen LogP contribution < -0.4 is 10.6 Å². The Kier molecular flexibility index (Phi) is 6.56. The first-order valence-corrected chi connectivity index (χ1v) is 7.07. The predicted molar refractivity (Wildman–Crippen MR) is 79.7 cm³/mol. The smallest absolute Gasteiger partial charge is 0.135 e. The van der Waals surface area contributed by atoms with Crippen molar-refractivity contribution >= 4 is 11.6 Å². The van der Waals surface area contributed by atoms with E-state index in [0.717, 1.165) is 43.4 Å².